The van der Waals surface area contributed by atoms with Crippen molar-refractivity contribution < 1.29 is 4.39 Å². The van der Waals surface area contributed by atoms with Gasteiger partial charge in [0.25, 0.3) is 0 Å². The summed E-state index contributed by atoms with van der Waals surface area (Å²) < 4.78 is 13.6. The molecule has 0 saturated heterocycles. The van der Waals surface area contributed by atoms with Crippen LogP contribution in [0.1, 0.15) is 37.4 Å². The fourth-order valence-electron chi connectivity index (χ4n) is 2.49. The standard InChI is InChI=1S/C18H22FN/c1-4-6-14-7-5-8-15(11-14)18-12-16(19)9-10-17(18)13(2)20-3/h5,7-13,20H,4,6H2,1-3H3. The third-order valence-electron chi connectivity index (χ3n) is 3.69. The summed E-state index contributed by atoms with van der Waals surface area (Å²) in [6.07, 6.45) is 2.17. The van der Waals surface area contributed by atoms with Gasteiger partial charge in [-0.2, -0.15) is 0 Å². The molecule has 0 radical (unpaired) electrons. The smallest absolute Gasteiger partial charge is 0.123 e. The van der Waals surface area contributed by atoms with Crippen LogP contribution in [0.15, 0.2) is 42.5 Å². The van der Waals surface area contributed by atoms with E-state index >= 15 is 0 Å². The Hall–Kier alpha value is -1.67. The van der Waals surface area contributed by atoms with E-state index in [-0.39, 0.29) is 11.9 Å². The molecule has 2 rings (SSSR count). The molecule has 0 bridgehead atoms. The van der Waals surface area contributed by atoms with Gasteiger partial charge in [0.1, 0.15) is 5.82 Å². The fourth-order valence-corrected chi connectivity index (χ4v) is 2.49. The van der Waals surface area contributed by atoms with Gasteiger partial charge in [0.2, 0.25) is 0 Å². The maximum Gasteiger partial charge on any atom is 0.123 e. The minimum atomic E-state index is -0.187. The molecule has 0 aliphatic heterocycles. The van der Waals surface area contributed by atoms with Gasteiger partial charge in [0.15, 0.2) is 0 Å². The number of rotatable bonds is 5. The van der Waals surface area contributed by atoms with E-state index in [4.69, 9.17) is 0 Å². The first-order valence-corrected chi connectivity index (χ1v) is 7.21. The quantitative estimate of drug-likeness (QED) is 0.829. The van der Waals surface area contributed by atoms with Crippen molar-refractivity contribution in [1.82, 2.24) is 5.32 Å². The van der Waals surface area contributed by atoms with Gasteiger partial charge in [-0.1, -0.05) is 43.7 Å². The molecule has 20 heavy (non-hydrogen) atoms. The Morgan fingerprint density at radius 3 is 2.65 bits per heavy atom. The van der Waals surface area contributed by atoms with Crippen molar-refractivity contribution in [2.45, 2.75) is 32.7 Å². The van der Waals surface area contributed by atoms with Gasteiger partial charge in [0.05, 0.1) is 0 Å². The van der Waals surface area contributed by atoms with Gasteiger partial charge < -0.3 is 5.32 Å². The molecule has 0 heterocycles. The summed E-state index contributed by atoms with van der Waals surface area (Å²) in [4.78, 5) is 0. The highest BCUT2D eigenvalue weighted by atomic mass is 19.1. The minimum absolute atomic E-state index is 0.187. The largest absolute Gasteiger partial charge is 0.313 e. The van der Waals surface area contributed by atoms with Gasteiger partial charge in [0, 0.05) is 6.04 Å². The molecule has 0 amide bonds. The Kier molecular flexibility index (Phi) is 4.91. The number of hydrogen-bond acceptors (Lipinski definition) is 1. The zero-order valence-electron chi connectivity index (χ0n) is 12.4. The Bertz CT molecular complexity index is 577. The molecule has 1 N–H and O–H groups in total. The van der Waals surface area contributed by atoms with Gasteiger partial charge in [-0.25, -0.2) is 4.39 Å². The van der Waals surface area contributed by atoms with Crippen molar-refractivity contribution in [3.63, 3.8) is 0 Å². The summed E-state index contributed by atoms with van der Waals surface area (Å²) in [6.45, 7) is 4.26. The van der Waals surface area contributed by atoms with Crippen LogP contribution in [0, 0.1) is 5.82 Å². The molecule has 0 aromatic heterocycles. The Labute approximate surface area is 120 Å². The topological polar surface area (TPSA) is 12.0 Å². The maximum absolute atomic E-state index is 13.6. The van der Waals surface area contributed by atoms with E-state index in [0.717, 1.165) is 29.5 Å². The van der Waals surface area contributed by atoms with E-state index in [2.05, 4.69) is 43.4 Å². The van der Waals surface area contributed by atoms with Crippen LogP contribution < -0.4 is 5.32 Å². The second-order valence-corrected chi connectivity index (χ2v) is 5.19. The molecule has 1 nitrogen and oxygen atoms in total. The average molecular weight is 271 g/mol. The summed E-state index contributed by atoms with van der Waals surface area (Å²) in [6, 6.07) is 13.6. The van der Waals surface area contributed by atoms with Crippen LogP contribution in [0.5, 0.6) is 0 Å². The monoisotopic (exact) mass is 271 g/mol. The van der Waals surface area contributed by atoms with Gasteiger partial charge >= 0.3 is 0 Å². The van der Waals surface area contributed by atoms with E-state index in [1.54, 1.807) is 6.07 Å². The molecule has 0 fully saturated rings. The molecule has 2 aromatic carbocycles. The van der Waals surface area contributed by atoms with Crippen LogP contribution in [0.4, 0.5) is 4.39 Å². The van der Waals surface area contributed by atoms with Crippen LogP contribution in [-0.4, -0.2) is 7.05 Å². The van der Waals surface area contributed by atoms with Crippen LogP contribution in [-0.2, 0) is 6.42 Å². The summed E-state index contributed by atoms with van der Waals surface area (Å²) in [5.41, 5.74) is 4.50. The van der Waals surface area contributed by atoms with Gasteiger partial charge in [-0.3, -0.25) is 0 Å². The summed E-state index contributed by atoms with van der Waals surface area (Å²) in [5.74, 6) is -0.187. The lowest BCUT2D eigenvalue weighted by Gasteiger charge is -2.17. The van der Waals surface area contributed by atoms with Gasteiger partial charge in [-0.15, -0.1) is 0 Å². The zero-order chi connectivity index (χ0) is 14.5. The van der Waals surface area contributed by atoms with E-state index in [9.17, 15) is 4.39 Å². The predicted molar refractivity (Wildman–Crippen MR) is 83.3 cm³/mol. The number of aryl methyl sites for hydroxylation is 1. The van der Waals surface area contributed by atoms with Crippen molar-refractivity contribution in [1.29, 1.82) is 0 Å². The van der Waals surface area contributed by atoms with Crippen molar-refractivity contribution in [2.75, 3.05) is 7.05 Å². The number of halogens is 1. The Morgan fingerprint density at radius 1 is 1.15 bits per heavy atom. The molecule has 2 heteroatoms. The molecular weight excluding hydrogens is 249 g/mol. The second-order valence-electron chi connectivity index (χ2n) is 5.19. The van der Waals surface area contributed by atoms with Crippen LogP contribution >= 0.6 is 0 Å². The van der Waals surface area contributed by atoms with E-state index in [1.807, 2.05) is 13.1 Å². The number of nitrogens with one attached hydrogen (secondary N) is 1. The molecule has 1 atom stereocenters. The molecule has 2 aromatic rings. The summed E-state index contributed by atoms with van der Waals surface area (Å²) in [7, 11) is 1.92. The maximum atomic E-state index is 13.6. The third kappa shape index (κ3) is 3.26. The van der Waals surface area contributed by atoms with Crippen LogP contribution in [0.25, 0.3) is 11.1 Å². The first-order valence-electron chi connectivity index (χ1n) is 7.21. The average Bonchev–Trinajstić information content (AvgIpc) is 2.47. The molecule has 1 unspecified atom stereocenters. The highest BCUT2D eigenvalue weighted by Crippen LogP contribution is 2.29. The zero-order valence-corrected chi connectivity index (χ0v) is 12.4. The molecule has 0 aliphatic carbocycles. The van der Waals surface area contributed by atoms with Crippen LogP contribution in [0.2, 0.25) is 0 Å². The number of hydrogen-bond donors (Lipinski definition) is 1. The molecule has 0 aliphatic rings. The SMILES string of the molecule is CCCc1cccc(-c2cc(F)ccc2C(C)NC)c1. The highest BCUT2D eigenvalue weighted by molar-refractivity contribution is 5.68. The predicted octanol–water partition coefficient (Wildman–Crippen LogP) is 4.73. The lowest BCUT2D eigenvalue weighted by atomic mass is 9.94. The minimum Gasteiger partial charge on any atom is -0.313 e. The number of benzene rings is 2. The molecule has 0 saturated carbocycles. The first-order chi connectivity index (χ1) is 9.65. The normalized spacial score (nSPS) is 12.4. The lowest BCUT2D eigenvalue weighted by molar-refractivity contribution is 0.620. The van der Waals surface area contributed by atoms with Crippen LogP contribution in [0.3, 0.4) is 0 Å². The Morgan fingerprint density at radius 2 is 1.95 bits per heavy atom. The second kappa shape index (κ2) is 6.67. The Balaban J connectivity index is 2.50. The highest BCUT2D eigenvalue weighted by Gasteiger charge is 2.12. The van der Waals surface area contributed by atoms with E-state index in [1.165, 1.54) is 11.6 Å². The van der Waals surface area contributed by atoms with Crippen molar-refractivity contribution in [3.05, 3.63) is 59.4 Å². The molecule has 0 spiro atoms. The van der Waals surface area contributed by atoms with E-state index in [0.29, 0.717) is 0 Å². The first kappa shape index (κ1) is 14.7. The molecule has 106 valence electrons. The van der Waals surface area contributed by atoms with Crippen molar-refractivity contribution in [3.8, 4) is 11.1 Å². The molecular formula is C18H22FN. The van der Waals surface area contributed by atoms with E-state index < -0.39 is 0 Å². The third-order valence-corrected chi connectivity index (χ3v) is 3.69. The fraction of sp³-hybridized carbons (Fsp3) is 0.333. The lowest BCUT2D eigenvalue weighted by Crippen LogP contribution is -2.13. The van der Waals surface area contributed by atoms with Crippen molar-refractivity contribution in [2.24, 2.45) is 0 Å². The van der Waals surface area contributed by atoms with Crippen molar-refractivity contribution >= 4 is 0 Å². The summed E-state index contributed by atoms with van der Waals surface area (Å²) in [5, 5.41) is 3.23. The van der Waals surface area contributed by atoms with Gasteiger partial charge in [-0.05, 0) is 54.8 Å². The summed E-state index contributed by atoms with van der Waals surface area (Å²) >= 11 is 0.